The third kappa shape index (κ3) is 4.49. The monoisotopic (exact) mass is 287 g/mol. The molecule has 0 saturated heterocycles. The highest BCUT2D eigenvalue weighted by molar-refractivity contribution is 7.89. The molecule has 0 aromatic heterocycles. The molecule has 0 heterocycles. The minimum Gasteiger partial charge on any atom is -0.491 e. The van der Waals surface area contributed by atoms with Gasteiger partial charge < -0.3 is 9.47 Å². The molecular weight excluding hydrogens is 266 g/mol. The van der Waals surface area contributed by atoms with E-state index in [1.54, 1.807) is 33.1 Å². The second-order valence-electron chi connectivity index (χ2n) is 4.64. The van der Waals surface area contributed by atoms with Crippen molar-refractivity contribution in [2.75, 3.05) is 13.7 Å². The van der Waals surface area contributed by atoms with Gasteiger partial charge in [-0.1, -0.05) is 0 Å². The highest BCUT2D eigenvalue weighted by Gasteiger charge is 2.16. The number of hydrogen-bond donors (Lipinski definition) is 1. The van der Waals surface area contributed by atoms with Gasteiger partial charge in [0, 0.05) is 20.1 Å². The summed E-state index contributed by atoms with van der Waals surface area (Å²) in [4.78, 5) is 0.171. The van der Waals surface area contributed by atoms with Gasteiger partial charge in [0.05, 0.1) is 11.0 Å². The summed E-state index contributed by atoms with van der Waals surface area (Å²) in [5.41, 5.74) is 1.19. The standard InChI is InChI=1S/C13H21NO4S/c1-9-7-12(18-11(3)5-6-17-4)8-10(2)13(9)19(14,15)16/h7-8,11H,5-6H2,1-4H3,(H2,14,15,16). The van der Waals surface area contributed by atoms with Gasteiger partial charge in [0.15, 0.2) is 0 Å². The van der Waals surface area contributed by atoms with Gasteiger partial charge in [0.1, 0.15) is 5.75 Å². The molecule has 0 bridgehead atoms. The summed E-state index contributed by atoms with van der Waals surface area (Å²) in [5, 5.41) is 5.19. The van der Waals surface area contributed by atoms with E-state index >= 15 is 0 Å². The molecule has 19 heavy (non-hydrogen) atoms. The van der Waals surface area contributed by atoms with Crippen molar-refractivity contribution in [3.63, 3.8) is 0 Å². The van der Waals surface area contributed by atoms with Crippen molar-refractivity contribution in [2.45, 2.75) is 38.2 Å². The Hall–Kier alpha value is -1.11. The maximum Gasteiger partial charge on any atom is 0.238 e. The fourth-order valence-electron chi connectivity index (χ4n) is 2.00. The van der Waals surface area contributed by atoms with Gasteiger partial charge in [-0.3, -0.25) is 0 Å². The van der Waals surface area contributed by atoms with E-state index in [1.807, 2.05) is 6.92 Å². The zero-order valence-corrected chi connectivity index (χ0v) is 12.6. The Balaban J connectivity index is 2.96. The zero-order valence-electron chi connectivity index (χ0n) is 11.8. The van der Waals surface area contributed by atoms with E-state index in [0.717, 1.165) is 6.42 Å². The van der Waals surface area contributed by atoms with E-state index in [4.69, 9.17) is 14.6 Å². The lowest BCUT2D eigenvalue weighted by molar-refractivity contribution is 0.135. The normalized spacial score (nSPS) is 13.3. The average molecular weight is 287 g/mol. The number of primary sulfonamides is 1. The van der Waals surface area contributed by atoms with E-state index in [-0.39, 0.29) is 11.0 Å². The van der Waals surface area contributed by atoms with Gasteiger partial charge in [0.2, 0.25) is 10.0 Å². The summed E-state index contributed by atoms with van der Waals surface area (Å²) in [6, 6.07) is 3.38. The van der Waals surface area contributed by atoms with Crippen LogP contribution in [0.15, 0.2) is 17.0 Å². The van der Waals surface area contributed by atoms with Gasteiger partial charge in [-0.25, -0.2) is 13.6 Å². The largest absolute Gasteiger partial charge is 0.491 e. The number of nitrogens with two attached hydrogens (primary N) is 1. The first kappa shape index (κ1) is 15.9. The molecule has 0 aliphatic rings. The van der Waals surface area contributed by atoms with Crippen LogP contribution in [0.5, 0.6) is 5.75 Å². The topological polar surface area (TPSA) is 78.6 Å². The Morgan fingerprint density at radius 2 is 1.79 bits per heavy atom. The molecule has 0 fully saturated rings. The van der Waals surface area contributed by atoms with E-state index in [2.05, 4.69) is 0 Å². The van der Waals surface area contributed by atoms with Crippen molar-refractivity contribution < 1.29 is 17.9 Å². The lowest BCUT2D eigenvalue weighted by Gasteiger charge is -2.16. The van der Waals surface area contributed by atoms with Crippen LogP contribution in [0.25, 0.3) is 0 Å². The van der Waals surface area contributed by atoms with Crippen LogP contribution in [0.3, 0.4) is 0 Å². The Bertz CT molecular complexity index is 517. The zero-order chi connectivity index (χ0) is 14.6. The number of benzene rings is 1. The molecule has 1 atom stereocenters. The van der Waals surface area contributed by atoms with E-state index in [9.17, 15) is 8.42 Å². The second kappa shape index (κ2) is 6.36. The molecule has 1 unspecified atom stereocenters. The van der Waals surface area contributed by atoms with Crippen LogP contribution in [-0.2, 0) is 14.8 Å². The maximum atomic E-state index is 11.5. The molecule has 2 N–H and O–H groups in total. The molecule has 6 heteroatoms. The van der Waals surface area contributed by atoms with Crippen molar-refractivity contribution in [3.05, 3.63) is 23.3 Å². The quantitative estimate of drug-likeness (QED) is 0.864. The van der Waals surface area contributed by atoms with Crippen LogP contribution in [0.1, 0.15) is 24.5 Å². The molecular formula is C13H21NO4S. The number of sulfonamides is 1. The maximum absolute atomic E-state index is 11.5. The van der Waals surface area contributed by atoms with E-state index in [1.165, 1.54) is 0 Å². The minimum absolute atomic E-state index is 0.000848. The molecule has 0 radical (unpaired) electrons. The Morgan fingerprint density at radius 3 is 2.21 bits per heavy atom. The Morgan fingerprint density at radius 1 is 1.26 bits per heavy atom. The van der Waals surface area contributed by atoms with Crippen LogP contribution < -0.4 is 9.88 Å². The summed E-state index contributed by atoms with van der Waals surface area (Å²) in [6.07, 6.45) is 0.769. The molecule has 1 rings (SSSR count). The van der Waals surface area contributed by atoms with Crippen molar-refractivity contribution in [3.8, 4) is 5.75 Å². The van der Waals surface area contributed by atoms with E-state index in [0.29, 0.717) is 23.5 Å². The smallest absolute Gasteiger partial charge is 0.238 e. The molecule has 0 aliphatic carbocycles. The molecule has 1 aromatic rings. The fourth-order valence-corrected chi connectivity index (χ4v) is 3.02. The highest BCUT2D eigenvalue weighted by atomic mass is 32.2. The van der Waals surface area contributed by atoms with E-state index < -0.39 is 10.0 Å². The van der Waals surface area contributed by atoms with Gasteiger partial charge in [-0.15, -0.1) is 0 Å². The van der Waals surface area contributed by atoms with Crippen molar-refractivity contribution in [1.82, 2.24) is 0 Å². The first-order valence-electron chi connectivity index (χ1n) is 6.05. The summed E-state index contributed by atoms with van der Waals surface area (Å²) in [7, 11) is -2.06. The summed E-state index contributed by atoms with van der Waals surface area (Å²) in [5.74, 6) is 0.644. The second-order valence-corrected chi connectivity index (χ2v) is 6.14. The molecule has 0 saturated carbocycles. The molecule has 108 valence electrons. The third-order valence-corrected chi connectivity index (χ3v) is 4.00. The number of ether oxygens (including phenoxy) is 2. The molecule has 0 amide bonds. The predicted octanol–water partition coefficient (Wildman–Crippen LogP) is 1.75. The predicted molar refractivity (Wildman–Crippen MR) is 73.9 cm³/mol. The number of methoxy groups -OCH3 is 1. The van der Waals surface area contributed by atoms with Gasteiger partial charge in [-0.05, 0) is 44.0 Å². The first-order chi connectivity index (χ1) is 8.75. The minimum atomic E-state index is -3.70. The van der Waals surface area contributed by atoms with Gasteiger partial charge in [-0.2, -0.15) is 0 Å². The molecule has 0 spiro atoms. The molecule has 0 aliphatic heterocycles. The van der Waals surface area contributed by atoms with Crippen LogP contribution in [0.4, 0.5) is 0 Å². The highest BCUT2D eigenvalue weighted by Crippen LogP contribution is 2.25. The lowest BCUT2D eigenvalue weighted by Crippen LogP contribution is -2.17. The number of rotatable bonds is 6. The van der Waals surface area contributed by atoms with Crippen LogP contribution >= 0.6 is 0 Å². The Kier molecular flexibility index (Phi) is 5.34. The summed E-state index contributed by atoms with van der Waals surface area (Å²) in [6.45, 7) is 5.98. The Labute approximate surface area is 114 Å². The number of aryl methyl sites for hydroxylation is 2. The fraction of sp³-hybridized carbons (Fsp3) is 0.538. The van der Waals surface area contributed by atoms with Crippen LogP contribution in [0.2, 0.25) is 0 Å². The van der Waals surface area contributed by atoms with Crippen molar-refractivity contribution in [2.24, 2.45) is 5.14 Å². The van der Waals surface area contributed by atoms with Gasteiger partial charge in [0.25, 0.3) is 0 Å². The van der Waals surface area contributed by atoms with Crippen LogP contribution in [-0.4, -0.2) is 28.2 Å². The third-order valence-electron chi connectivity index (χ3n) is 2.78. The molecule has 5 nitrogen and oxygen atoms in total. The van der Waals surface area contributed by atoms with Crippen molar-refractivity contribution in [1.29, 1.82) is 0 Å². The SMILES string of the molecule is COCCC(C)Oc1cc(C)c(S(N)(=O)=O)c(C)c1. The van der Waals surface area contributed by atoms with Crippen molar-refractivity contribution >= 4 is 10.0 Å². The summed E-state index contributed by atoms with van der Waals surface area (Å²) >= 11 is 0. The van der Waals surface area contributed by atoms with Gasteiger partial charge >= 0.3 is 0 Å². The van der Waals surface area contributed by atoms with Crippen LogP contribution in [0, 0.1) is 13.8 Å². The average Bonchev–Trinajstić information content (AvgIpc) is 2.23. The summed E-state index contributed by atoms with van der Waals surface area (Å²) < 4.78 is 33.7. The lowest BCUT2D eigenvalue weighted by atomic mass is 10.1. The molecule has 1 aromatic carbocycles. The number of hydrogen-bond acceptors (Lipinski definition) is 4. The first-order valence-corrected chi connectivity index (χ1v) is 7.60.